The summed E-state index contributed by atoms with van der Waals surface area (Å²) < 4.78 is 13.4. The predicted molar refractivity (Wildman–Crippen MR) is 118 cm³/mol. The minimum atomic E-state index is -0.595. The third-order valence-corrected chi connectivity index (χ3v) is 6.54. The summed E-state index contributed by atoms with van der Waals surface area (Å²) in [4.78, 5) is 14.5. The Morgan fingerprint density at radius 1 is 1.35 bits per heavy atom. The molecule has 3 heterocycles. The molecule has 2 aliphatic rings. The monoisotopic (exact) mass is 443 g/mol. The fourth-order valence-corrected chi connectivity index (χ4v) is 4.59. The molecule has 5 rings (SSSR count). The number of nitrogens with zero attached hydrogens (tertiary/aromatic N) is 4. The molecule has 1 saturated heterocycles. The van der Waals surface area contributed by atoms with Crippen molar-refractivity contribution in [1.29, 1.82) is 5.41 Å². The van der Waals surface area contributed by atoms with Crippen LogP contribution in [0.15, 0.2) is 30.5 Å². The van der Waals surface area contributed by atoms with Gasteiger partial charge < -0.3 is 10.3 Å². The molecule has 2 fully saturated rings. The van der Waals surface area contributed by atoms with E-state index in [0.717, 1.165) is 25.7 Å². The number of H-pyrrole nitrogens is 1. The number of anilines is 2. The first-order chi connectivity index (χ1) is 15.0. The molecule has 10 heteroatoms. The number of aromatic amines is 1. The van der Waals surface area contributed by atoms with E-state index in [1.54, 1.807) is 6.07 Å². The number of benzene rings is 1. The van der Waals surface area contributed by atoms with Gasteiger partial charge in [0.2, 0.25) is 5.95 Å². The van der Waals surface area contributed by atoms with Crippen LogP contribution in [-0.2, 0) is 0 Å². The number of hydrogen-bond acceptors (Lipinski definition) is 6. The van der Waals surface area contributed by atoms with E-state index in [1.807, 2.05) is 0 Å². The molecular weight excluding hydrogens is 421 g/mol. The molecule has 1 aliphatic heterocycles. The van der Waals surface area contributed by atoms with Gasteiger partial charge in [-0.05, 0) is 56.5 Å². The third kappa shape index (κ3) is 3.73. The van der Waals surface area contributed by atoms with Crippen LogP contribution in [0.2, 0.25) is 5.02 Å². The summed E-state index contributed by atoms with van der Waals surface area (Å²) in [5.41, 5.74) is 2.02. The molecule has 4 N–H and O–H groups in total. The SMILES string of the molecule is N=C(c1ccnc2nc(NCCN3CCCC34CC4)[nH]c12)N(O)c1ccc(F)c(Cl)c1. The van der Waals surface area contributed by atoms with E-state index >= 15 is 0 Å². The average molecular weight is 444 g/mol. The third-order valence-electron chi connectivity index (χ3n) is 6.25. The number of hydroxylamine groups is 1. The lowest BCUT2D eigenvalue weighted by atomic mass is 10.2. The molecule has 0 unspecified atom stereocenters. The number of hydrogen-bond donors (Lipinski definition) is 4. The fourth-order valence-electron chi connectivity index (χ4n) is 4.42. The molecule has 1 aromatic carbocycles. The van der Waals surface area contributed by atoms with Gasteiger partial charge in [0.1, 0.15) is 5.82 Å². The van der Waals surface area contributed by atoms with E-state index in [1.165, 1.54) is 44.0 Å². The molecule has 1 aliphatic carbocycles. The highest BCUT2D eigenvalue weighted by Gasteiger charge is 2.49. The van der Waals surface area contributed by atoms with Gasteiger partial charge in [-0.1, -0.05) is 11.6 Å². The number of nitrogens with one attached hydrogen (secondary N) is 3. The highest BCUT2D eigenvalue weighted by molar-refractivity contribution is 6.31. The first kappa shape index (κ1) is 20.2. The molecule has 0 atom stereocenters. The second-order valence-corrected chi connectivity index (χ2v) is 8.55. The smallest absolute Gasteiger partial charge is 0.202 e. The van der Waals surface area contributed by atoms with Crippen molar-refractivity contribution in [3.8, 4) is 0 Å². The van der Waals surface area contributed by atoms with Crippen LogP contribution in [0.4, 0.5) is 16.0 Å². The van der Waals surface area contributed by atoms with Crippen LogP contribution in [0.25, 0.3) is 11.2 Å². The summed E-state index contributed by atoms with van der Waals surface area (Å²) >= 11 is 5.80. The Bertz CT molecular complexity index is 1150. The molecule has 0 radical (unpaired) electrons. The maximum atomic E-state index is 13.4. The van der Waals surface area contributed by atoms with Gasteiger partial charge in [0.05, 0.1) is 16.2 Å². The number of amidine groups is 1. The molecule has 1 spiro atoms. The summed E-state index contributed by atoms with van der Waals surface area (Å²) in [6, 6.07) is 5.36. The Kier molecular flexibility index (Phi) is 5.04. The lowest BCUT2D eigenvalue weighted by Gasteiger charge is -2.23. The molecule has 3 aromatic rings. The van der Waals surface area contributed by atoms with Gasteiger partial charge in [-0.15, -0.1) is 0 Å². The van der Waals surface area contributed by atoms with Crippen molar-refractivity contribution in [3.63, 3.8) is 0 Å². The minimum absolute atomic E-state index is 0.136. The maximum Gasteiger partial charge on any atom is 0.202 e. The van der Waals surface area contributed by atoms with Crippen molar-refractivity contribution in [2.75, 3.05) is 30.0 Å². The van der Waals surface area contributed by atoms with E-state index in [4.69, 9.17) is 17.0 Å². The summed E-state index contributed by atoms with van der Waals surface area (Å²) in [5, 5.41) is 22.7. The Morgan fingerprint density at radius 3 is 2.97 bits per heavy atom. The lowest BCUT2D eigenvalue weighted by molar-refractivity contribution is 0.245. The van der Waals surface area contributed by atoms with Crippen molar-refractivity contribution < 1.29 is 9.60 Å². The zero-order chi connectivity index (χ0) is 21.6. The van der Waals surface area contributed by atoms with Gasteiger partial charge in [0, 0.05) is 30.4 Å². The van der Waals surface area contributed by atoms with Crippen molar-refractivity contribution in [1.82, 2.24) is 19.9 Å². The van der Waals surface area contributed by atoms with Crippen LogP contribution in [0.1, 0.15) is 31.2 Å². The number of imidazole rings is 1. The topological polar surface area (TPSA) is 104 Å². The van der Waals surface area contributed by atoms with E-state index in [9.17, 15) is 9.60 Å². The first-order valence-corrected chi connectivity index (χ1v) is 10.7. The van der Waals surface area contributed by atoms with E-state index < -0.39 is 5.82 Å². The number of aromatic nitrogens is 3. The quantitative estimate of drug-likeness (QED) is 0.261. The number of likely N-dealkylation sites (tertiary alicyclic amines) is 1. The van der Waals surface area contributed by atoms with Gasteiger partial charge in [0.25, 0.3) is 0 Å². The van der Waals surface area contributed by atoms with Gasteiger partial charge in [-0.2, -0.15) is 4.98 Å². The van der Waals surface area contributed by atoms with E-state index in [2.05, 4.69) is 25.2 Å². The van der Waals surface area contributed by atoms with E-state index in [0.29, 0.717) is 33.3 Å². The van der Waals surface area contributed by atoms with Crippen LogP contribution < -0.4 is 10.4 Å². The van der Waals surface area contributed by atoms with Crippen LogP contribution in [-0.4, -0.2) is 56.1 Å². The van der Waals surface area contributed by atoms with Crippen LogP contribution in [0, 0.1) is 11.2 Å². The normalized spacial score (nSPS) is 17.4. The molecule has 31 heavy (non-hydrogen) atoms. The van der Waals surface area contributed by atoms with Crippen LogP contribution in [0.3, 0.4) is 0 Å². The summed E-state index contributed by atoms with van der Waals surface area (Å²) in [6.45, 7) is 2.88. The van der Waals surface area contributed by atoms with Gasteiger partial charge in [-0.25, -0.2) is 14.4 Å². The van der Waals surface area contributed by atoms with Crippen molar-refractivity contribution in [2.45, 2.75) is 31.2 Å². The second-order valence-electron chi connectivity index (χ2n) is 8.14. The highest BCUT2D eigenvalue weighted by atomic mass is 35.5. The fraction of sp³-hybridized carbons (Fsp3) is 0.381. The van der Waals surface area contributed by atoms with Gasteiger partial charge >= 0.3 is 0 Å². The average Bonchev–Trinajstić information content (AvgIpc) is 3.25. The second kappa shape index (κ2) is 7.74. The predicted octanol–water partition coefficient (Wildman–Crippen LogP) is 4.01. The zero-order valence-electron chi connectivity index (χ0n) is 16.8. The van der Waals surface area contributed by atoms with E-state index in [-0.39, 0.29) is 16.5 Å². The van der Waals surface area contributed by atoms with Crippen molar-refractivity contribution in [2.24, 2.45) is 0 Å². The van der Waals surface area contributed by atoms with Crippen molar-refractivity contribution in [3.05, 3.63) is 46.9 Å². The number of fused-ring (bicyclic) bond motifs is 1. The highest BCUT2D eigenvalue weighted by Crippen LogP contribution is 2.49. The summed E-state index contributed by atoms with van der Waals surface area (Å²) in [7, 11) is 0. The zero-order valence-corrected chi connectivity index (χ0v) is 17.6. The maximum absolute atomic E-state index is 13.4. The van der Waals surface area contributed by atoms with Crippen LogP contribution in [0.5, 0.6) is 0 Å². The summed E-state index contributed by atoms with van der Waals surface area (Å²) in [5.74, 6) is -0.235. The molecule has 0 bridgehead atoms. The molecular formula is C21H23ClFN7O. The minimum Gasteiger partial charge on any atom is -0.354 e. The molecule has 162 valence electrons. The molecule has 0 amide bonds. The summed E-state index contributed by atoms with van der Waals surface area (Å²) in [6.07, 6.45) is 6.73. The molecule has 8 nitrogen and oxygen atoms in total. The number of rotatable bonds is 6. The molecule has 1 saturated carbocycles. The number of pyridine rings is 1. The van der Waals surface area contributed by atoms with Crippen LogP contribution >= 0.6 is 11.6 Å². The Balaban J connectivity index is 1.31. The standard InChI is InChI=1S/C21H23ClFN7O/c22-15-12-13(2-3-16(15)23)30(31)18(24)14-4-8-25-19-17(14)27-20(28-19)26-9-11-29-10-1-5-21(29)6-7-21/h2-4,8,12,24,31H,1,5-7,9-11H2,(H2,25,26,27,28). The van der Waals surface area contributed by atoms with Gasteiger partial charge in [-0.3, -0.25) is 15.5 Å². The first-order valence-electron chi connectivity index (χ1n) is 10.3. The Hall–Kier alpha value is -2.75. The largest absolute Gasteiger partial charge is 0.354 e. The van der Waals surface area contributed by atoms with Gasteiger partial charge in [0.15, 0.2) is 11.5 Å². The number of halogens is 2. The Labute approximate surface area is 183 Å². The van der Waals surface area contributed by atoms with Crippen molar-refractivity contribution >= 4 is 40.2 Å². The lowest BCUT2D eigenvalue weighted by Crippen LogP contribution is -2.35. The Morgan fingerprint density at radius 2 is 2.19 bits per heavy atom. The molecule has 2 aromatic heterocycles.